The molecule has 3 aromatic heterocycles. The van der Waals surface area contributed by atoms with Crippen molar-refractivity contribution in [3.8, 4) is 23.0 Å². The highest BCUT2D eigenvalue weighted by Gasteiger charge is 2.55. The van der Waals surface area contributed by atoms with E-state index in [1.54, 1.807) is 6.92 Å². The Bertz CT molecular complexity index is 1130. The molecule has 0 fully saturated rings. The topological polar surface area (TPSA) is 78.0 Å². The van der Waals surface area contributed by atoms with Gasteiger partial charge >= 0.3 is 12.4 Å². The maximum absolute atomic E-state index is 13.3. The van der Waals surface area contributed by atoms with Gasteiger partial charge in [-0.05, 0) is 19.9 Å². The standard InChI is InChI=1S/C18H15F6N5O2/c1-9-8-28-11(12-7-26-15(29(9)12)16(2,30)18(22,23)24)6-14(27-28)31-10-3-4-25-13(5-10)17(19,20)21/h3-7,9,30H,8H2,1-2H3/t9-,16+/m0/s1. The van der Waals surface area contributed by atoms with Gasteiger partial charge < -0.3 is 14.4 Å². The Hall–Kier alpha value is -3.09. The molecule has 2 atom stereocenters. The zero-order valence-corrected chi connectivity index (χ0v) is 16.0. The summed E-state index contributed by atoms with van der Waals surface area (Å²) in [5.74, 6) is -0.776. The van der Waals surface area contributed by atoms with E-state index in [2.05, 4.69) is 15.1 Å². The number of aromatic nitrogens is 5. The Labute approximate surface area is 170 Å². The third-order valence-corrected chi connectivity index (χ3v) is 4.93. The van der Waals surface area contributed by atoms with E-state index in [-0.39, 0.29) is 23.9 Å². The molecule has 1 N–H and O–H groups in total. The number of ether oxygens (including phenoxy) is 1. The molecular weight excluding hydrogens is 432 g/mol. The molecule has 31 heavy (non-hydrogen) atoms. The average molecular weight is 447 g/mol. The van der Waals surface area contributed by atoms with E-state index in [0.29, 0.717) is 18.7 Å². The van der Waals surface area contributed by atoms with E-state index >= 15 is 0 Å². The number of hydrogen-bond donors (Lipinski definition) is 1. The van der Waals surface area contributed by atoms with Crippen molar-refractivity contribution >= 4 is 0 Å². The lowest BCUT2D eigenvalue weighted by atomic mass is 10.0. The van der Waals surface area contributed by atoms with E-state index < -0.39 is 35.5 Å². The first kappa shape index (κ1) is 21.2. The van der Waals surface area contributed by atoms with Crippen molar-refractivity contribution in [2.75, 3.05) is 0 Å². The van der Waals surface area contributed by atoms with Crippen LogP contribution in [0.3, 0.4) is 0 Å². The maximum atomic E-state index is 13.3. The average Bonchev–Trinajstić information content (AvgIpc) is 3.24. The Morgan fingerprint density at radius 1 is 1.10 bits per heavy atom. The SMILES string of the molecule is C[C@H]1Cn2nc(Oc3ccnc(C(F)(F)F)c3)cc2-c2cnc([C@@](C)(O)C(F)(F)F)n21. The smallest absolute Gasteiger partial charge is 0.433 e. The quantitative estimate of drug-likeness (QED) is 0.606. The van der Waals surface area contributed by atoms with Crippen LogP contribution < -0.4 is 4.74 Å². The van der Waals surface area contributed by atoms with Crippen LogP contribution in [-0.2, 0) is 18.3 Å². The van der Waals surface area contributed by atoms with E-state index in [9.17, 15) is 31.4 Å². The Morgan fingerprint density at radius 3 is 2.45 bits per heavy atom. The van der Waals surface area contributed by atoms with Gasteiger partial charge in [-0.2, -0.15) is 26.3 Å². The highest BCUT2D eigenvalue weighted by molar-refractivity contribution is 5.59. The molecule has 0 spiro atoms. The first-order valence-electron chi connectivity index (χ1n) is 8.95. The molecule has 0 radical (unpaired) electrons. The van der Waals surface area contributed by atoms with Crippen molar-refractivity contribution < 1.29 is 36.2 Å². The Balaban J connectivity index is 1.70. The molecule has 3 aromatic rings. The summed E-state index contributed by atoms with van der Waals surface area (Å²) >= 11 is 0. The van der Waals surface area contributed by atoms with Gasteiger partial charge in [-0.25, -0.2) is 4.98 Å². The van der Waals surface area contributed by atoms with Crippen LogP contribution in [0.15, 0.2) is 30.6 Å². The van der Waals surface area contributed by atoms with Crippen LogP contribution in [0.4, 0.5) is 26.3 Å². The van der Waals surface area contributed by atoms with Gasteiger partial charge in [-0.3, -0.25) is 9.67 Å². The molecule has 0 saturated carbocycles. The number of aliphatic hydroxyl groups is 1. The summed E-state index contributed by atoms with van der Waals surface area (Å²) in [7, 11) is 0. The third kappa shape index (κ3) is 3.52. The second kappa shape index (κ2) is 6.70. The summed E-state index contributed by atoms with van der Waals surface area (Å²) in [6.07, 6.45) is -7.48. The maximum Gasteiger partial charge on any atom is 0.433 e. The zero-order chi connectivity index (χ0) is 22.8. The van der Waals surface area contributed by atoms with Crippen molar-refractivity contribution in [2.45, 2.75) is 44.4 Å². The molecule has 4 heterocycles. The fourth-order valence-electron chi connectivity index (χ4n) is 3.35. The summed E-state index contributed by atoms with van der Waals surface area (Å²) in [6, 6.07) is 2.77. The minimum atomic E-state index is -4.95. The number of rotatable bonds is 3. The van der Waals surface area contributed by atoms with Crippen LogP contribution in [0.25, 0.3) is 11.4 Å². The van der Waals surface area contributed by atoms with E-state index in [4.69, 9.17) is 4.74 Å². The lowest BCUT2D eigenvalue weighted by Gasteiger charge is -2.31. The zero-order valence-electron chi connectivity index (χ0n) is 16.0. The predicted octanol–water partition coefficient (Wildman–Crippen LogP) is 4.30. The van der Waals surface area contributed by atoms with Gasteiger partial charge in [0.25, 0.3) is 0 Å². The number of imidazole rings is 1. The molecule has 4 rings (SSSR count). The number of fused-ring (bicyclic) bond motifs is 3. The van der Waals surface area contributed by atoms with Gasteiger partial charge in [0.15, 0.2) is 5.82 Å². The fourth-order valence-corrected chi connectivity index (χ4v) is 3.35. The Morgan fingerprint density at radius 2 is 1.81 bits per heavy atom. The molecule has 0 saturated heterocycles. The van der Waals surface area contributed by atoms with Crippen LogP contribution in [0.2, 0.25) is 0 Å². The first-order valence-corrected chi connectivity index (χ1v) is 8.95. The van der Waals surface area contributed by atoms with Gasteiger partial charge in [0.2, 0.25) is 11.5 Å². The highest BCUT2D eigenvalue weighted by atomic mass is 19.4. The lowest BCUT2D eigenvalue weighted by Crippen LogP contribution is -2.42. The number of alkyl halides is 6. The van der Waals surface area contributed by atoms with E-state index in [0.717, 1.165) is 6.20 Å². The van der Waals surface area contributed by atoms with E-state index in [1.165, 1.54) is 27.6 Å². The summed E-state index contributed by atoms with van der Waals surface area (Å²) in [5.41, 5.74) is -3.72. The van der Waals surface area contributed by atoms with Crippen molar-refractivity contribution in [3.63, 3.8) is 0 Å². The third-order valence-electron chi connectivity index (χ3n) is 4.93. The van der Waals surface area contributed by atoms with Crippen molar-refractivity contribution in [3.05, 3.63) is 42.1 Å². The van der Waals surface area contributed by atoms with Crippen molar-refractivity contribution in [1.82, 2.24) is 24.3 Å². The minimum absolute atomic E-state index is 0.0553. The largest absolute Gasteiger partial charge is 0.437 e. The summed E-state index contributed by atoms with van der Waals surface area (Å²) in [6.45, 7) is 2.38. The second-order valence-corrected chi connectivity index (χ2v) is 7.28. The molecule has 0 aromatic carbocycles. The first-order chi connectivity index (χ1) is 14.3. The molecule has 7 nitrogen and oxygen atoms in total. The van der Waals surface area contributed by atoms with E-state index in [1.807, 2.05) is 0 Å². The highest BCUT2D eigenvalue weighted by Crippen LogP contribution is 2.42. The molecule has 0 unspecified atom stereocenters. The Kier molecular flexibility index (Phi) is 4.57. The molecule has 0 amide bonds. The van der Waals surface area contributed by atoms with Crippen LogP contribution in [0, 0.1) is 0 Å². The van der Waals surface area contributed by atoms with Gasteiger partial charge in [0.1, 0.15) is 11.4 Å². The van der Waals surface area contributed by atoms with Crippen molar-refractivity contribution in [2.24, 2.45) is 0 Å². The second-order valence-electron chi connectivity index (χ2n) is 7.28. The molecule has 1 aliphatic rings. The van der Waals surface area contributed by atoms with Gasteiger partial charge in [0, 0.05) is 18.3 Å². The lowest BCUT2D eigenvalue weighted by molar-refractivity contribution is -0.262. The van der Waals surface area contributed by atoms with Crippen LogP contribution in [0.5, 0.6) is 11.6 Å². The molecule has 0 aliphatic carbocycles. The number of halogens is 6. The predicted molar refractivity (Wildman–Crippen MR) is 93.1 cm³/mol. The molecule has 1 aliphatic heterocycles. The summed E-state index contributed by atoms with van der Waals surface area (Å²) in [5, 5.41) is 14.2. The summed E-state index contributed by atoms with van der Waals surface area (Å²) < 4.78 is 86.6. The van der Waals surface area contributed by atoms with Crippen LogP contribution >= 0.6 is 0 Å². The normalized spacial score (nSPS) is 18.3. The molecule has 0 bridgehead atoms. The van der Waals surface area contributed by atoms with Crippen LogP contribution in [0.1, 0.15) is 31.4 Å². The monoisotopic (exact) mass is 447 g/mol. The van der Waals surface area contributed by atoms with Crippen molar-refractivity contribution in [1.29, 1.82) is 0 Å². The van der Waals surface area contributed by atoms with Crippen LogP contribution in [-0.4, -0.2) is 35.6 Å². The minimum Gasteiger partial charge on any atom is -0.437 e. The van der Waals surface area contributed by atoms with Gasteiger partial charge in [0.05, 0.1) is 30.2 Å². The molecular formula is C18H15F6N5O2. The number of hydrogen-bond acceptors (Lipinski definition) is 5. The molecule has 166 valence electrons. The summed E-state index contributed by atoms with van der Waals surface area (Å²) in [4.78, 5) is 7.04. The molecule has 13 heteroatoms. The van der Waals surface area contributed by atoms with Gasteiger partial charge in [-0.15, -0.1) is 5.10 Å². The number of pyridine rings is 1. The fraction of sp³-hybridized carbons (Fsp3) is 0.389. The number of nitrogens with zero attached hydrogens (tertiary/aromatic N) is 5. The van der Waals surface area contributed by atoms with Gasteiger partial charge in [-0.1, -0.05) is 0 Å².